The van der Waals surface area contributed by atoms with Gasteiger partial charge in [-0.3, -0.25) is 19.7 Å². The van der Waals surface area contributed by atoms with E-state index in [1.165, 1.54) is 0 Å². The summed E-state index contributed by atoms with van der Waals surface area (Å²) in [6.45, 7) is 5.22. The molecular weight excluding hydrogens is 440 g/mol. The van der Waals surface area contributed by atoms with Crippen LogP contribution in [0.3, 0.4) is 0 Å². The third kappa shape index (κ3) is 4.79. The summed E-state index contributed by atoms with van der Waals surface area (Å²) in [6.07, 6.45) is 8.73. The first-order valence-corrected chi connectivity index (χ1v) is 11.7. The van der Waals surface area contributed by atoms with E-state index in [0.717, 1.165) is 43.1 Å². The van der Waals surface area contributed by atoms with Crippen molar-refractivity contribution in [3.05, 3.63) is 112 Å². The van der Waals surface area contributed by atoms with E-state index in [9.17, 15) is 9.90 Å². The lowest BCUT2D eigenvalue weighted by Gasteiger charge is -2.40. The zero-order valence-corrected chi connectivity index (χ0v) is 19.7. The van der Waals surface area contributed by atoms with Gasteiger partial charge >= 0.3 is 0 Å². The highest BCUT2D eigenvalue weighted by Gasteiger charge is 2.31. The van der Waals surface area contributed by atoms with Crippen molar-refractivity contribution in [3.8, 4) is 5.75 Å². The summed E-state index contributed by atoms with van der Waals surface area (Å²) >= 11 is 0. The maximum atomic E-state index is 13.9. The van der Waals surface area contributed by atoms with Crippen LogP contribution in [0.15, 0.2) is 84.3 Å². The molecule has 0 saturated carbocycles. The third-order valence-corrected chi connectivity index (χ3v) is 6.53. The van der Waals surface area contributed by atoms with Crippen molar-refractivity contribution in [3.63, 3.8) is 0 Å². The number of nitrogens with zero attached hydrogens (tertiary/aromatic N) is 6. The van der Waals surface area contributed by atoms with Gasteiger partial charge in [-0.25, -0.2) is 4.98 Å². The number of pyridine rings is 4. The van der Waals surface area contributed by atoms with Gasteiger partial charge in [0.1, 0.15) is 11.6 Å². The summed E-state index contributed by atoms with van der Waals surface area (Å²) in [7, 11) is 0. The van der Waals surface area contributed by atoms with Gasteiger partial charge in [0.15, 0.2) is 0 Å². The van der Waals surface area contributed by atoms with E-state index in [-0.39, 0.29) is 11.3 Å². The average molecular weight is 469 g/mol. The molecule has 5 rings (SSSR count). The first-order valence-electron chi connectivity index (χ1n) is 11.7. The van der Waals surface area contributed by atoms with Crippen molar-refractivity contribution in [2.24, 2.45) is 0 Å². The minimum Gasteiger partial charge on any atom is -0.507 e. The predicted molar refractivity (Wildman–Crippen MR) is 135 cm³/mol. The molecule has 0 bridgehead atoms. The summed E-state index contributed by atoms with van der Waals surface area (Å²) in [5, 5.41) is 11.1. The number of rotatable bonds is 6. The van der Waals surface area contributed by atoms with Crippen molar-refractivity contribution in [2.45, 2.75) is 19.5 Å². The Morgan fingerprint density at radius 2 is 1.74 bits per heavy atom. The van der Waals surface area contributed by atoms with Crippen LogP contribution in [0.25, 0.3) is 0 Å². The predicted octanol–water partition coefficient (Wildman–Crippen LogP) is 3.01. The molecule has 0 radical (unpaired) electrons. The molecule has 1 aliphatic rings. The Bertz CT molecular complexity index is 1320. The van der Waals surface area contributed by atoms with Gasteiger partial charge in [-0.15, -0.1) is 0 Å². The SMILES string of the molecule is Cc1cc(O)c([C@@H](c2ccncc2)N2CCN(c3ccccn3)CC2)c(=O)n1Cc1cccnc1. The summed E-state index contributed by atoms with van der Waals surface area (Å²) in [5.74, 6) is 0.966. The highest BCUT2D eigenvalue weighted by Crippen LogP contribution is 2.33. The molecular formula is C27H28N6O2. The molecule has 8 nitrogen and oxygen atoms in total. The molecule has 1 N–H and O–H groups in total. The van der Waals surface area contributed by atoms with Crippen LogP contribution in [0.1, 0.15) is 28.4 Å². The van der Waals surface area contributed by atoms with Gasteiger partial charge in [0.05, 0.1) is 18.2 Å². The van der Waals surface area contributed by atoms with Gasteiger partial charge < -0.3 is 14.6 Å². The summed E-state index contributed by atoms with van der Waals surface area (Å²) in [4.78, 5) is 31.2. The molecule has 1 saturated heterocycles. The van der Waals surface area contributed by atoms with Gasteiger partial charge in [0.25, 0.3) is 5.56 Å². The Hall–Kier alpha value is -4.04. The lowest BCUT2D eigenvalue weighted by Crippen LogP contribution is -2.49. The minimum atomic E-state index is -0.392. The van der Waals surface area contributed by atoms with Gasteiger partial charge in [-0.2, -0.15) is 0 Å². The average Bonchev–Trinajstić information content (AvgIpc) is 2.91. The molecule has 0 unspecified atom stereocenters. The number of aromatic nitrogens is 4. The molecule has 0 spiro atoms. The van der Waals surface area contributed by atoms with Crippen LogP contribution in [-0.4, -0.2) is 55.7 Å². The molecule has 1 fully saturated rings. The highest BCUT2D eigenvalue weighted by atomic mass is 16.3. The molecule has 35 heavy (non-hydrogen) atoms. The fourth-order valence-corrected chi connectivity index (χ4v) is 4.75. The molecule has 4 aromatic rings. The first kappa shape index (κ1) is 22.7. The maximum Gasteiger partial charge on any atom is 0.259 e. The van der Waals surface area contributed by atoms with E-state index in [1.807, 2.05) is 49.4 Å². The van der Waals surface area contributed by atoms with Crippen LogP contribution in [0.2, 0.25) is 0 Å². The Balaban J connectivity index is 1.52. The molecule has 0 amide bonds. The van der Waals surface area contributed by atoms with Gasteiger partial charge in [0.2, 0.25) is 0 Å². The Morgan fingerprint density at radius 3 is 2.43 bits per heavy atom. The largest absolute Gasteiger partial charge is 0.507 e. The van der Waals surface area contributed by atoms with Crippen LogP contribution >= 0.6 is 0 Å². The fraction of sp³-hybridized carbons (Fsp3) is 0.259. The smallest absolute Gasteiger partial charge is 0.259 e. The van der Waals surface area contributed by atoms with E-state index in [0.29, 0.717) is 17.8 Å². The molecule has 178 valence electrons. The van der Waals surface area contributed by atoms with E-state index < -0.39 is 6.04 Å². The molecule has 8 heteroatoms. The number of anilines is 1. The number of hydrogen-bond donors (Lipinski definition) is 1. The Kier molecular flexibility index (Phi) is 6.54. The zero-order chi connectivity index (χ0) is 24.2. The van der Waals surface area contributed by atoms with Crippen LogP contribution in [0.5, 0.6) is 5.75 Å². The lowest BCUT2D eigenvalue weighted by atomic mass is 9.96. The van der Waals surface area contributed by atoms with Gasteiger partial charge in [-0.1, -0.05) is 12.1 Å². The van der Waals surface area contributed by atoms with Crippen molar-refractivity contribution < 1.29 is 5.11 Å². The monoisotopic (exact) mass is 468 g/mol. The summed E-state index contributed by atoms with van der Waals surface area (Å²) in [6, 6.07) is 14.8. The molecule has 0 aliphatic carbocycles. The Morgan fingerprint density at radius 1 is 0.943 bits per heavy atom. The van der Waals surface area contributed by atoms with Crippen molar-refractivity contribution in [2.75, 3.05) is 31.1 Å². The summed E-state index contributed by atoms with van der Waals surface area (Å²) in [5.41, 5.74) is 2.75. The summed E-state index contributed by atoms with van der Waals surface area (Å²) < 4.78 is 1.71. The van der Waals surface area contributed by atoms with Crippen LogP contribution in [-0.2, 0) is 6.54 Å². The first-order chi connectivity index (χ1) is 17.1. The maximum absolute atomic E-state index is 13.9. The quantitative estimate of drug-likeness (QED) is 0.465. The lowest BCUT2D eigenvalue weighted by molar-refractivity contribution is 0.207. The van der Waals surface area contributed by atoms with Gasteiger partial charge in [0, 0.05) is 62.9 Å². The topological polar surface area (TPSA) is 87.4 Å². The number of piperazine rings is 1. The fourth-order valence-electron chi connectivity index (χ4n) is 4.75. The number of hydrogen-bond acceptors (Lipinski definition) is 7. The second-order valence-corrected chi connectivity index (χ2v) is 8.73. The van der Waals surface area contributed by atoms with E-state index in [4.69, 9.17) is 0 Å². The minimum absolute atomic E-state index is 0.0175. The third-order valence-electron chi connectivity index (χ3n) is 6.53. The normalized spacial score (nSPS) is 15.2. The Labute approximate surface area is 204 Å². The second-order valence-electron chi connectivity index (χ2n) is 8.73. The zero-order valence-electron chi connectivity index (χ0n) is 19.7. The van der Waals surface area contributed by atoms with Crippen molar-refractivity contribution in [1.29, 1.82) is 0 Å². The van der Waals surface area contributed by atoms with E-state index in [2.05, 4.69) is 24.8 Å². The standard InChI is InChI=1S/C27H28N6O2/c1-20-17-23(34)25(27(35)33(20)19-21-5-4-9-29-18-21)26(22-7-11-28-12-8-22)32-15-13-31(14-16-32)24-6-2-3-10-30-24/h2-12,17-18,26,34H,13-16,19H2,1H3/t26-/m1/s1. The molecule has 5 heterocycles. The highest BCUT2D eigenvalue weighted by molar-refractivity contribution is 5.42. The molecule has 4 aromatic heterocycles. The molecule has 1 aliphatic heterocycles. The molecule has 0 aromatic carbocycles. The number of aromatic hydroxyl groups is 1. The number of aryl methyl sites for hydroxylation is 1. The van der Waals surface area contributed by atoms with Crippen LogP contribution in [0, 0.1) is 6.92 Å². The molecule has 1 atom stereocenters. The van der Waals surface area contributed by atoms with Crippen molar-refractivity contribution in [1.82, 2.24) is 24.4 Å². The second kappa shape index (κ2) is 10.1. The van der Waals surface area contributed by atoms with Crippen molar-refractivity contribution >= 4 is 5.82 Å². The van der Waals surface area contributed by atoms with E-state index in [1.54, 1.807) is 41.6 Å². The van der Waals surface area contributed by atoms with Gasteiger partial charge in [-0.05, 0) is 54.4 Å². The van der Waals surface area contributed by atoms with Crippen LogP contribution in [0.4, 0.5) is 5.82 Å². The van der Waals surface area contributed by atoms with E-state index >= 15 is 0 Å². The van der Waals surface area contributed by atoms with Crippen LogP contribution < -0.4 is 10.5 Å².